The molecule has 6 nitrogen and oxygen atoms in total. The SMILES string of the molecule is O=C(NCCCn1ccnc1-c1ccccc1)C(=O)NCc1ccc(Cl)cc1. The molecular formula is C21H21ClN4O2. The highest BCUT2D eigenvalue weighted by Crippen LogP contribution is 2.16. The zero-order valence-corrected chi connectivity index (χ0v) is 16.0. The first-order valence-corrected chi connectivity index (χ1v) is 9.38. The number of hydrogen-bond acceptors (Lipinski definition) is 3. The average Bonchev–Trinajstić information content (AvgIpc) is 3.19. The molecule has 0 aliphatic carbocycles. The Morgan fingerprint density at radius 1 is 0.964 bits per heavy atom. The highest BCUT2D eigenvalue weighted by molar-refractivity contribution is 6.35. The third-order valence-corrected chi connectivity index (χ3v) is 4.43. The normalized spacial score (nSPS) is 10.5. The molecule has 28 heavy (non-hydrogen) atoms. The van der Waals surface area contributed by atoms with E-state index in [0.717, 1.165) is 17.0 Å². The van der Waals surface area contributed by atoms with E-state index in [4.69, 9.17) is 11.6 Å². The fourth-order valence-corrected chi connectivity index (χ4v) is 2.86. The first-order chi connectivity index (χ1) is 13.6. The number of amides is 2. The van der Waals surface area contributed by atoms with E-state index < -0.39 is 11.8 Å². The number of aromatic nitrogens is 2. The summed E-state index contributed by atoms with van der Waals surface area (Å²) in [5, 5.41) is 5.86. The van der Waals surface area contributed by atoms with Gasteiger partial charge in [-0.3, -0.25) is 9.59 Å². The molecule has 0 fully saturated rings. The van der Waals surface area contributed by atoms with Crippen LogP contribution < -0.4 is 10.6 Å². The monoisotopic (exact) mass is 396 g/mol. The lowest BCUT2D eigenvalue weighted by molar-refractivity contribution is -0.139. The predicted octanol–water partition coefficient (Wildman–Crippen LogP) is 3.03. The van der Waals surface area contributed by atoms with Gasteiger partial charge >= 0.3 is 11.8 Å². The van der Waals surface area contributed by atoms with E-state index in [-0.39, 0.29) is 6.54 Å². The fourth-order valence-electron chi connectivity index (χ4n) is 2.73. The van der Waals surface area contributed by atoms with Gasteiger partial charge < -0.3 is 15.2 Å². The quantitative estimate of drug-likeness (QED) is 0.476. The molecule has 7 heteroatoms. The third kappa shape index (κ3) is 5.44. The maximum absolute atomic E-state index is 11.9. The molecule has 3 rings (SSSR count). The van der Waals surface area contributed by atoms with Gasteiger partial charge in [0.25, 0.3) is 0 Å². The molecule has 2 amide bonds. The van der Waals surface area contributed by atoms with Crippen LogP contribution in [0.3, 0.4) is 0 Å². The van der Waals surface area contributed by atoms with Crippen LogP contribution in [0.2, 0.25) is 5.02 Å². The molecule has 1 aromatic heterocycles. The van der Waals surface area contributed by atoms with Crippen LogP contribution in [0, 0.1) is 0 Å². The summed E-state index contributed by atoms with van der Waals surface area (Å²) in [6.07, 6.45) is 4.35. The number of nitrogens with zero attached hydrogens (tertiary/aromatic N) is 2. The van der Waals surface area contributed by atoms with Crippen molar-refractivity contribution in [1.29, 1.82) is 0 Å². The molecule has 0 aliphatic heterocycles. The standard InChI is InChI=1S/C21H21ClN4O2/c22-18-9-7-16(8-10-18)15-25-21(28)20(27)24-11-4-13-26-14-12-23-19(26)17-5-2-1-3-6-17/h1-3,5-10,12,14H,4,11,13,15H2,(H,24,27)(H,25,28). The second-order valence-corrected chi connectivity index (χ2v) is 6.67. The van der Waals surface area contributed by atoms with Gasteiger partial charge in [0.2, 0.25) is 0 Å². The number of benzene rings is 2. The molecule has 144 valence electrons. The highest BCUT2D eigenvalue weighted by Gasteiger charge is 2.12. The molecule has 0 aliphatic rings. The van der Waals surface area contributed by atoms with Crippen LogP contribution in [0.4, 0.5) is 0 Å². The van der Waals surface area contributed by atoms with Crippen molar-refractivity contribution in [3.05, 3.63) is 77.6 Å². The van der Waals surface area contributed by atoms with Crippen LogP contribution in [-0.4, -0.2) is 27.9 Å². The lowest BCUT2D eigenvalue weighted by Crippen LogP contribution is -2.40. The lowest BCUT2D eigenvalue weighted by Gasteiger charge is -2.09. The van der Waals surface area contributed by atoms with E-state index in [1.54, 1.807) is 30.5 Å². The molecule has 0 bridgehead atoms. The molecule has 3 aromatic rings. The number of nitrogens with one attached hydrogen (secondary N) is 2. The number of carbonyl (C=O) groups excluding carboxylic acids is 2. The number of hydrogen-bond donors (Lipinski definition) is 2. The second kappa shape index (κ2) is 9.71. The third-order valence-electron chi connectivity index (χ3n) is 4.18. The average molecular weight is 397 g/mol. The van der Waals surface area contributed by atoms with Gasteiger partial charge in [-0.1, -0.05) is 54.1 Å². The summed E-state index contributed by atoms with van der Waals surface area (Å²) in [6, 6.07) is 17.0. The largest absolute Gasteiger partial charge is 0.348 e. The van der Waals surface area contributed by atoms with Crippen molar-refractivity contribution < 1.29 is 9.59 Å². The van der Waals surface area contributed by atoms with E-state index in [0.29, 0.717) is 24.5 Å². The fraction of sp³-hybridized carbons (Fsp3) is 0.190. The molecule has 2 aromatic carbocycles. The molecule has 0 saturated heterocycles. The minimum Gasteiger partial charge on any atom is -0.348 e. The van der Waals surface area contributed by atoms with Crippen molar-refractivity contribution in [1.82, 2.24) is 20.2 Å². The van der Waals surface area contributed by atoms with Gasteiger partial charge in [0.15, 0.2) is 0 Å². The maximum atomic E-state index is 11.9. The van der Waals surface area contributed by atoms with Crippen LogP contribution in [-0.2, 0) is 22.7 Å². The van der Waals surface area contributed by atoms with E-state index in [9.17, 15) is 9.59 Å². The Labute approximate surface area is 168 Å². The maximum Gasteiger partial charge on any atom is 0.309 e. The van der Waals surface area contributed by atoms with Crippen LogP contribution in [0.5, 0.6) is 0 Å². The molecule has 0 saturated carbocycles. The van der Waals surface area contributed by atoms with Crippen molar-refractivity contribution in [3.8, 4) is 11.4 Å². The van der Waals surface area contributed by atoms with Gasteiger partial charge in [0.05, 0.1) is 0 Å². The minimum absolute atomic E-state index is 0.277. The Morgan fingerprint density at radius 3 is 2.43 bits per heavy atom. The van der Waals surface area contributed by atoms with Gasteiger partial charge in [-0.05, 0) is 24.1 Å². The Bertz CT molecular complexity index is 923. The van der Waals surface area contributed by atoms with Gasteiger partial charge in [-0.15, -0.1) is 0 Å². The first kappa shape index (κ1) is 19.6. The van der Waals surface area contributed by atoms with Crippen molar-refractivity contribution in [2.24, 2.45) is 0 Å². The van der Waals surface area contributed by atoms with Crippen LogP contribution >= 0.6 is 11.6 Å². The minimum atomic E-state index is -0.650. The number of halogens is 1. The van der Waals surface area contributed by atoms with Gasteiger partial charge in [-0.2, -0.15) is 0 Å². The van der Waals surface area contributed by atoms with E-state index in [1.165, 1.54) is 0 Å². The summed E-state index contributed by atoms with van der Waals surface area (Å²) in [6.45, 7) is 1.37. The summed E-state index contributed by atoms with van der Waals surface area (Å²) in [4.78, 5) is 28.2. The summed E-state index contributed by atoms with van der Waals surface area (Å²) >= 11 is 5.82. The van der Waals surface area contributed by atoms with Crippen molar-refractivity contribution in [2.45, 2.75) is 19.5 Å². The van der Waals surface area contributed by atoms with Crippen molar-refractivity contribution in [3.63, 3.8) is 0 Å². The number of carbonyl (C=O) groups is 2. The summed E-state index contributed by atoms with van der Waals surface area (Å²) < 4.78 is 2.03. The van der Waals surface area contributed by atoms with E-state index in [1.807, 2.05) is 41.1 Å². The Hall–Kier alpha value is -3.12. The molecular weight excluding hydrogens is 376 g/mol. The molecule has 0 radical (unpaired) electrons. The van der Waals surface area contributed by atoms with Gasteiger partial charge in [-0.25, -0.2) is 4.98 Å². The van der Waals surface area contributed by atoms with Gasteiger partial charge in [0, 0.05) is 42.6 Å². The second-order valence-electron chi connectivity index (χ2n) is 6.23. The Balaban J connectivity index is 1.40. The zero-order valence-electron chi connectivity index (χ0n) is 15.3. The van der Waals surface area contributed by atoms with E-state index >= 15 is 0 Å². The smallest absolute Gasteiger partial charge is 0.309 e. The predicted molar refractivity (Wildman–Crippen MR) is 109 cm³/mol. The number of rotatable bonds is 7. The summed E-state index contributed by atoms with van der Waals surface area (Å²) in [5.74, 6) is -0.405. The molecule has 2 N–H and O–H groups in total. The van der Waals surface area contributed by atoms with Crippen LogP contribution in [0.25, 0.3) is 11.4 Å². The van der Waals surface area contributed by atoms with Gasteiger partial charge in [0.1, 0.15) is 5.82 Å². The molecule has 1 heterocycles. The molecule has 0 atom stereocenters. The first-order valence-electron chi connectivity index (χ1n) is 9.00. The number of imidazole rings is 1. The molecule has 0 spiro atoms. The Morgan fingerprint density at radius 2 is 1.68 bits per heavy atom. The summed E-state index contributed by atoms with van der Waals surface area (Å²) in [7, 11) is 0. The Kier molecular flexibility index (Phi) is 6.81. The van der Waals surface area contributed by atoms with Crippen LogP contribution in [0.15, 0.2) is 67.0 Å². The van der Waals surface area contributed by atoms with E-state index in [2.05, 4.69) is 15.6 Å². The van der Waals surface area contributed by atoms with Crippen molar-refractivity contribution >= 4 is 23.4 Å². The topological polar surface area (TPSA) is 76.0 Å². The van der Waals surface area contributed by atoms with Crippen molar-refractivity contribution in [2.75, 3.05) is 6.54 Å². The number of aryl methyl sites for hydroxylation is 1. The molecule has 0 unspecified atom stereocenters. The summed E-state index contributed by atoms with van der Waals surface area (Å²) in [5.41, 5.74) is 1.91. The van der Waals surface area contributed by atoms with Crippen LogP contribution in [0.1, 0.15) is 12.0 Å². The highest BCUT2D eigenvalue weighted by atomic mass is 35.5. The zero-order chi connectivity index (χ0) is 19.8. The lowest BCUT2D eigenvalue weighted by atomic mass is 10.2.